The highest BCUT2D eigenvalue weighted by atomic mass is 15.1. The van der Waals surface area contributed by atoms with E-state index >= 15 is 0 Å². The molecular formula is C13H20N4. The predicted octanol–water partition coefficient (Wildman–Crippen LogP) is 1.60. The minimum atomic E-state index is 0.855. The Morgan fingerprint density at radius 1 is 1.29 bits per heavy atom. The van der Waals surface area contributed by atoms with E-state index < -0.39 is 0 Å². The zero-order chi connectivity index (χ0) is 12.1. The van der Waals surface area contributed by atoms with Crippen molar-refractivity contribution in [2.45, 2.75) is 13.0 Å². The topological polar surface area (TPSA) is 44.0 Å². The lowest BCUT2D eigenvalue weighted by Gasteiger charge is -2.09. The molecule has 92 valence electrons. The molecular weight excluding hydrogens is 212 g/mol. The van der Waals surface area contributed by atoms with Crippen LogP contribution in [0.4, 0.5) is 0 Å². The van der Waals surface area contributed by atoms with Crippen molar-refractivity contribution < 1.29 is 0 Å². The largest absolute Gasteiger partial charge is 0.311 e. The lowest BCUT2D eigenvalue weighted by atomic mass is 10.2. The van der Waals surface area contributed by atoms with Gasteiger partial charge >= 0.3 is 0 Å². The van der Waals surface area contributed by atoms with E-state index in [-0.39, 0.29) is 0 Å². The summed E-state index contributed by atoms with van der Waals surface area (Å²) in [6.45, 7) is 3.01. The van der Waals surface area contributed by atoms with Crippen LogP contribution < -0.4 is 5.32 Å². The highest BCUT2D eigenvalue weighted by molar-refractivity contribution is 5.80. The van der Waals surface area contributed by atoms with E-state index in [1.165, 1.54) is 17.5 Å². The number of hydrogen-bond acceptors (Lipinski definition) is 3. The van der Waals surface area contributed by atoms with Gasteiger partial charge in [-0.25, -0.2) is 0 Å². The summed E-state index contributed by atoms with van der Waals surface area (Å²) in [7, 11) is 4.20. The Kier molecular flexibility index (Phi) is 4.12. The summed E-state index contributed by atoms with van der Waals surface area (Å²) in [6, 6.07) is 8.20. The second kappa shape index (κ2) is 5.80. The highest BCUT2D eigenvalue weighted by Crippen LogP contribution is 2.14. The molecule has 4 heteroatoms. The number of aromatic nitrogens is 2. The van der Waals surface area contributed by atoms with E-state index in [0.717, 1.165) is 25.2 Å². The average molecular weight is 232 g/mol. The maximum Gasteiger partial charge on any atom is 0.0924 e. The molecule has 0 aliphatic carbocycles. The molecule has 0 amide bonds. The molecule has 0 fully saturated rings. The van der Waals surface area contributed by atoms with E-state index in [0.29, 0.717) is 0 Å². The van der Waals surface area contributed by atoms with Crippen LogP contribution in [-0.2, 0) is 6.54 Å². The van der Waals surface area contributed by atoms with E-state index in [1.807, 2.05) is 18.2 Å². The van der Waals surface area contributed by atoms with E-state index in [1.54, 1.807) is 0 Å². The third-order valence-corrected chi connectivity index (χ3v) is 2.80. The van der Waals surface area contributed by atoms with E-state index in [9.17, 15) is 0 Å². The van der Waals surface area contributed by atoms with E-state index in [4.69, 9.17) is 0 Å². The van der Waals surface area contributed by atoms with Crippen LogP contribution in [0.5, 0.6) is 0 Å². The predicted molar refractivity (Wildman–Crippen MR) is 71.0 cm³/mol. The first-order valence-corrected chi connectivity index (χ1v) is 6.05. The molecule has 0 aliphatic rings. The first kappa shape index (κ1) is 12.1. The molecule has 2 N–H and O–H groups in total. The van der Waals surface area contributed by atoms with Gasteiger partial charge in [0.2, 0.25) is 0 Å². The molecule has 2 rings (SSSR count). The zero-order valence-electron chi connectivity index (χ0n) is 10.5. The fraction of sp³-hybridized carbons (Fsp3) is 0.462. The number of rotatable bonds is 6. The standard InChI is InChI=1S/C13H20N4/c1-17(2)9-5-8-14-10-13-11-6-3-4-7-12(11)15-16-13/h3-4,6-7,14H,5,8-10H2,1-2H3,(H,15,16). The van der Waals surface area contributed by atoms with Gasteiger partial charge in [0.05, 0.1) is 11.2 Å². The van der Waals surface area contributed by atoms with Crippen LogP contribution >= 0.6 is 0 Å². The maximum absolute atomic E-state index is 4.27. The number of H-pyrrole nitrogens is 1. The number of fused-ring (bicyclic) bond motifs is 1. The summed E-state index contributed by atoms with van der Waals surface area (Å²) in [5, 5.41) is 12.0. The first-order chi connectivity index (χ1) is 8.27. The molecule has 0 atom stereocenters. The summed E-state index contributed by atoms with van der Waals surface area (Å²) in [5.41, 5.74) is 2.21. The zero-order valence-corrected chi connectivity index (χ0v) is 10.5. The van der Waals surface area contributed by atoms with Crippen molar-refractivity contribution in [2.75, 3.05) is 27.2 Å². The Bertz CT molecular complexity index is 461. The van der Waals surface area contributed by atoms with Crippen molar-refractivity contribution in [3.8, 4) is 0 Å². The van der Waals surface area contributed by atoms with Gasteiger partial charge in [-0.15, -0.1) is 0 Å². The molecule has 1 aromatic heterocycles. The van der Waals surface area contributed by atoms with Crippen LogP contribution in [0.2, 0.25) is 0 Å². The second-order valence-corrected chi connectivity index (χ2v) is 4.55. The monoisotopic (exact) mass is 232 g/mol. The second-order valence-electron chi connectivity index (χ2n) is 4.55. The molecule has 0 bridgehead atoms. The van der Waals surface area contributed by atoms with Gasteiger partial charge in [0.15, 0.2) is 0 Å². The normalized spacial score (nSPS) is 11.5. The van der Waals surface area contributed by atoms with Crippen LogP contribution in [-0.4, -0.2) is 42.3 Å². The van der Waals surface area contributed by atoms with Gasteiger partial charge in [-0.1, -0.05) is 18.2 Å². The fourth-order valence-electron chi connectivity index (χ4n) is 1.88. The van der Waals surface area contributed by atoms with Crippen LogP contribution in [0.1, 0.15) is 12.1 Å². The number of para-hydroxylation sites is 1. The van der Waals surface area contributed by atoms with Crippen molar-refractivity contribution in [1.82, 2.24) is 20.4 Å². The molecule has 4 nitrogen and oxygen atoms in total. The van der Waals surface area contributed by atoms with Gasteiger partial charge in [0, 0.05) is 11.9 Å². The highest BCUT2D eigenvalue weighted by Gasteiger charge is 2.02. The Balaban J connectivity index is 1.83. The summed E-state index contributed by atoms with van der Waals surface area (Å²) >= 11 is 0. The number of aromatic amines is 1. The third kappa shape index (κ3) is 3.28. The number of nitrogens with one attached hydrogen (secondary N) is 2. The lowest BCUT2D eigenvalue weighted by Crippen LogP contribution is -2.21. The molecule has 17 heavy (non-hydrogen) atoms. The Labute approximate surface area is 102 Å². The van der Waals surface area contributed by atoms with Crippen molar-refractivity contribution in [3.05, 3.63) is 30.0 Å². The smallest absolute Gasteiger partial charge is 0.0924 e. The van der Waals surface area contributed by atoms with Gasteiger partial charge in [0.25, 0.3) is 0 Å². The summed E-state index contributed by atoms with van der Waals surface area (Å²) in [5.74, 6) is 0. The maximum atomic E-state index is 4.27. The molecule has 1 aromatic carbocycles. The van der Waals surface area contributed by atoms with E-state index in [2.05, 4.69) is 40.6 Å². The molecule has 0 saturated carbocycles. The third-order valence-electron chi connectivity index (χ3n) is 2.80. The number of hydrogen-bond donors (Lipinski definition) is 2. The van der Waals surface area contributed by atoms with Gasteiger partial charge in [-0.05, 0) is 39.7 Å². The van der Waals surface area contributed by atoms with Crippen molar-refractivity contribution in [3.63, 3.8) is 0 Å². The summed E-state index contributed by atoms with van der Waals surface area (Å²) in [4.78, 5) is 2.20. The molecule has 0 spiro atoms. The fourth-order valence-corrected chi connectivity index (χ4v) is 1.88. The molecule has 1 heterocycles. The Morgan fingerprint density at radius 3 is 2.94 bits per heavy atom. The van der Waals surface area contributed by atoms with Gasteiger partial charge in [-0.3, -0.25) is 5.10 Å². The van der Waals surface area contributed by atoms with Crippen molar-refractivity contribution in [1.29, 1.82) is 0 Å². The first-order valence-electron chi connectivity index (χ1n) is 6.05. The van der Waals surface area contributed by atoms with Gasteiger partial charge in [-0.2, -0.15) is 5.10 Å². The van der Waals surface area contributed by atoms with Crippen molar-refractivity contribution in [2.24, 2.45) is 0 Å². The minimum Gasteiger partial charge on any atom is -0.311 e. The molecule has 0 aliphatic heterocycles. The molecule has 0 radical (unpaired) electrons. The molecule has 0 unspecified atom stereocenters. The van der Waals surface area contributed by atoms with Crippen LogP contribution in [0.3, 0.4) is 0 Å². The Hall–Kier alpha value is -1.39. The Morgan fingerprint density at radius 2 is 2.12 bits per heavy atom. The molecule has 0 saturated heterocycles. The van der Waals surface area contributed by atoms with Gasteiger partial charge in [0.1, 0.15) is 0 Å². The average Bonchev–Trinajstić information content (AvgIpc) is 2.72. The summed E-state index contributed by atoms with van der Waals surface area (Å²) in [6.07, 6.45) is 1.17. The van der Waals surface area contributed by atoms with Crippen molar-refractivity contribution >= 4 is 10.9 Å². The lowest BCUT2D eigenvalue weighted by molar-refractivity contribution is 0.394. The van der Waals surface area contributed by atoms with Crippen LogP contribution in [0.15, 0.2) is 24.3 Å². The minimum absolute atomic E-state index is 0.855. The quantitative estimate of drug-likeness (QED) is 0.744. The summed E-state index contributed by atoms with van der Waals surface area (Å²) < 4.78 is 0. The van der Waals surface area contributed by atoms with Crippen LogP contribution in [0.25, 0.3) is 10.9 Å². The van der Waals surface area contributed by atoms with Crippen LogP contribution in [0, 0.1) is 0 Å². The SMILES string of the molecule is CN(C)CCCNCc1[nH]nc2ccccc12. The number of benzene rings is 1. The van der Waals surface area contributed by atoms with Gasteiger partial charge < -0.3 is 10.2 Å². The number of nitrogens with zero attached hydrogens (tertiary/aromatic N) is 2. The molecule has 2 aromatic rings.